The van der Waals surface area contributed by atoms with Crippen molar-refractivity contribution in [2.45, 2.75) is 13.0 Å². The van der Waals surface area contributed by atoms with E-state index in [-0.39, 0.29) is 11.1 Å². The van der Waals surface area contributed by atoms with E-state index in [2.05, 4.69) is 10.3 Å². The topological polar surface area (TPSA) is 29.9 Å². The molecule has 1 aromatic heterocycles. The summed E-state index contributed by atoms with van der Waals surface area (Å²) in [5, 5.41) is 3.23. The Hall–Kier alpha value is -1.39. The lowest BCUT2D eigenvalue weighted by Gasteiger charge is -2.18. The molecule has 0 bridgehead atoms. The van der Waals surface area contributed by atoms with Crippen molar-refractivity contribution in [2.24, 2.45) is 7.05 Å². The predicted octanol–water partition coefficient (Wildman–Crippen LogP) is 2.83. The van der Waals surface area contributed by atoms with E-state index in [0.29, 0.717) is 5.56 Å². The van der Waals surface area contributed by atoms with E-state index in [4.69, 9.17) is 11.6 Å². The van der Waals surface area contributed by atoms with Crippen LogP contribution in [0.4, 0.5) is 4.39 Å². The van der Waals surface area contributed by atoms with Crippen LogP contribution in [0.15, 0.2) is 24.4 Å². The van der Waals surface area contributed by atoms with Gasteiger partial charge < -0.3 is 9.88 Å². The molecule has 18 heavy (non-hydrogen) atoms. The number of nitrogens with one attached hydrogen (secondary N) is 1. The molecule has 3 nitrogen and oxygen atoms in total. The zero-order valence-corrected chi connectivity index (χ0v) is 11.3. The van der Waals surface area contributed by atoms with E-state index in [1.165, 1.54) is 0 Å². The summed E-state index contributed by atoms with van der Waals surface area (Å²) in [5.74, 6) is 0.491. The summed E-state index contributed by atoms with van der Waals surface area (Å²) >= 11 is 5.82. The standard InChI is InChI=1S/C13H15ClFN3/c1-8-17-7-11(18(8)3)13(16-2)9-5-4-6-10(14)12(9)15/h4-7,13,16H,1-3H3. The van der Waals surface area contributed by atoms with Crippen LogP contribution in [-0.4, -0.2) is 16.6 Å². The van der Waals surface area contributed by atoms with Crippen LogP contribution in [0.3, 0.4) is 0 Å². The van der Waals surface area contributed by atoms with Crippen molar-refractivity contribution in [1.82, 2.24) is 14.9 Å². The van der Waals surface area contributed by atoms with E-state index in [1.54, 1.807) is 31.4 Å². The van der Waals surface area contributed by atoms with Gasteiger partial charge in [0, 0.05) is 12.6 Å². The number of imidazole rings is 1. The van der Waals surface area contributed by atoms with Crippen molar-refractivity contribution in [3.63, 3.8) is 0 Å². The van der Waals surface area contributed by atoms with Crippen LogP contribution in [0.1, 0.15) is 23.1 Å². The van der Waals surface area contributed by atoms with Gasteiger partial charge in [-0.15, -0.1) is 0 Å². The summed E-state index contributed by atoms with van der Waals surface area (Å²) in [5.41, 5.74) is 1.42. The Kier molecular flexibility index (Phi) is 3.68. The molecule has 0 radical (unpaired) electrons. The van der Waals surface area contributed by atoms with Gasteiger partial charge in [0.2, 0.25) is 0 Å². The predicted molar refractivity (Wildman–Crippen MR) is 70.3 cm³/mol. The summed E-state index contributed by atoms with van der Waals surface area (Å²) in [6.07, 6.45) is 1.75. The van der Waals surface area contributed by atoms with Gasteiger partial charge in [-0.3, -0.25) is 0 Å². The fraction of sp³-hybridized carbons (Fsp3) is 0.308. The first kappa shape index (κ1) is 13.1. The van der Waals surface area contributed by atoms with Crippen molar-refractivity contribution in [3.05, 3.63) is 52.3 Å². The van der Waals surface area contributed by atoms with Crippen LogP contribution >= 0.6 is 11.6 Å². The highest BCUT2D eigenvalue weighted by atomic mass is 35.5. The van der Waals surface area contributed by atoms with Crippen LogP contribution in [-0.2, 0) is 7.05 Å². The van der Waals surface area contributed by atoms with E-state index in [0.717, 1.165) is 11.5 Å². The SMILES string of the molecule is CNC(c1cccc(Cl)c1F)c1cnc(C)n1C. The molecule has 0 aliphatic heterocycles. The first-order valence-corrected chi connectivity index (χ1v) is 6.03. The van der Waals surface area contributed by atoms with E-state index in [9.17, 15) is 4.39 Å². The molecule has 0 spiro atoms. The smallest absolute Gasteiger partial charge is 0.146 e. The monoisotopic (exact) mass is 267 g/mol. The van der Waals surface area contributed by atoms with Gasteiger partial charge in [-0.1, -0.05) is 23.7 Å². The number of halogens is 2. The van der Waals surface area contributed by atoms with E-state index < -0.39 is 5.82 Å². The van der Waals surface area contributed by atoms with Gasteiger partial charge in [0.05, 0.1) is 23.0 Å². The Bertz CT molecular complexity index is 565. The number of benzene rings is 1. The van der Waals surface area contributed by atoms with Gasteiger partial charge in [-0.2, -0.15) is 0 Å². The first-order chi connectivity index (χ1) is 8.56. The lowest BCUT2D eigenvalue weighted by molar-refractivity contribution is 0.560. The molecule has 1 N–H and O–H groups in total. The van der Waals surface area contributed by atoms with Crippen molar-refractivity contribution < 1.29 is 4.39 Å². The van der Waals surface area contributed by atoms with Crippen molar-refractivity contribution >= 4 is 11.6 Å². The number of aromatic nitrogens is 2. The quantitative estimate of drug-likeness (QED) is 0.927. The molecule has 0 aliphatic rings. The second-order valence-electron chi connectivity index (χ2n) is 4.15. The van der Waals surface area contributed by atoms with E-state index in [1.807, 2.05) is 18.5 Å². The molecule has 96 valence electrons. The minimum absolute atomic E-state index is 0.131. The maximum atomic E-state index is 14.1. The molecular weight excluding hydrogens is 253 g/mol. The number of rotatable bonds is 3. The van der Waals surface area contributed by atoms with Gasteiger partial charge in [-0.25, -0.2) is 9.37 Å². The molecule has 1 heterocycles. The average molecular weight is 268 g/mol. The molecule has 1 atom stereocenters. The minimum atomic E-state index is -0.391. The number of hydrogen-bond donors (Lipinski definition) is 1. The molecule has 0 aliphatic carbocycles. The van der Waals surface area contributed by atoms with Crippen LogP contribution in [0.25, 0.3) is 0 Å². The van der Waals surface area contributed by atoms with Gasteiger partial charge in [0.1, 0.15) is 11.6 Å². The summed E-state index contributed by atoms with van der Waals surface area (Å²) in [6, 6.07) is 4.75. The third-order valence-electron chi connectivity index (χ3n) is 3.13. The van der Waals surface area contributed by atoms with Crippen molar-refractivity contribution in [2.75, 3.05) is 7.05 Å². The third-order valence-corrected chi connectivity index (χ3v) is 3.43. The van der Waals surface area contributed by atoms with Gasteiger partial charge in [-0.05, 0) is 20.0 Å². The second-order valence-corrected chi connectivity index (χ2v) is 4.56. The third kappa shape index (κ3) is 2.13. The fourth-order valence-corrected chi connectivity index (χ4v) is 2.18. The summed E-state index contributed by atoms with van der Waals surface area (Å²) in [6.45, 7) is 1.91. The highest BCUT2D eigenvalue weighted by Gasteiger charge is 2.21. The lowest BCUT2D eigenvalue weighted by Crippen LogP contribution is -2.21. The van der Waals surface area contributed by atoms with Crippen LogP contribution in [0.2, 0.25) is 5.02 Å². The van der Waals surface area contributed by atoms with Crippen molar-refractivity contribution in [3.8, 4) is 0 Å². The Morgan fingerprint density at radius 2 is 2.17 bits per heavy atom. The molecule has 1 aromatic carbocycles. The summed E-state index contributed by atoms with van der Waals surface area (Å²) in [7, 11) is 3.69. The minimum Gasteiger partial charge on any atom is -0.334 e. The maximum Gasteiger partial charge on any atom is 0.146 e. The molecule has 0 fully saturated rings. The molecular formula is C13H15ClFN3. The Morgan fingerprint density at radius 3 is 2.72 bits per heavy atom. The van der Waals surface area contributed by atoms with E-state index >= 15 is 0 Å². The first-order valence-electron chi connectivity index (χ1n) is 5.65. The summed E-state index contributed by atoms with van der Waals surface area (Å²) < 4.78 is 16.0. The molecule has 0 amide bonds. The lowest BCUT2D eigenvalue weighted by atomic mass is 10.0. The van der Waals surface area contributed by atoms with Gasteiger partial charge in [0.15, 0.2) is 0 Å². The fourth-order valence-electron chi connectivity index (χ4n) is 1.99. The highest BCUT2D eigenvalue weighted by molar-refractivity contribution is 6.30. The number of aryl methyl sites for hydroxylation is 1. The largest absolute Gasteiger partial charge is 0.334 e. The van der Waals surface area contributed by atoms with Crippen LogP contribution in [0.5, 0.6) is 0 Å². The number of hydrogen-bond acceptors (Lipinski definition) is 2. The molecule has 2 aromatic rings. The maximum absolute atomic E-state index is 14.1. The molecule has 5 heteroatoms. The normalized spacial score (nSPS) is 12.7. The zero-order chi connectivity index (χ0) is 13.3. The number of nitrogens with zero attached hydrogens (tertiary/aromatic N) is 2. The van der Waals surface area contributed by atoms with Crippen LogP contribution < -0.4 is 5.32 Å². The van der Waals surface area contributed by atoms with Crippen LogP contribution in [0, 0.1) is 12.7 Å². The highest BCUT2D eigenvalue weighted by Crippen LogP contribution is 2.27. The molecule has 1 unspecified atom stereocenters. The van der Waals surface area contributed by atoms with Crippen molar-refractivity contribution in [1.29, 1.82) is 0 Å². The summed E-state index contributed by atoms with van der Waals surface area (Å²) in [4.78, 5) is 4.23. The molecule has 2 rings (SSSR count). The molecule has 0 saturated heterocycles. The second kappa shape index (κ2) is 5.08. The Morgan fingerprint density at radius 1 is 1.44 bits per heavy atom. The zero-order valence-electron chi connectivity index (χ0n) is 10.5. The Labute approximate surface area is 111 Å². The average Bonchev–Trinajstić information content (AvgIpc) is 2.68. The van der Waals surface area contributed by atoms with Gasteiger partial charge >= 0.3 is 0 Å². The Balaban J connectivity index is 2.52. The van der Waals surface area contributed by atoms with Gasteiger partial charge in [0.25, 0.3) is 0 Å². The molecule has 0 saturated carbocycles.